The maximum absolute atomic E-state index is 13.1. The molecule has 1 aliphatic heterocycles. The number of benzene rings is 3. The number of aryl methyl sites for hydroxylation is 1. The summed E-state index contributed by atoms with van der Waals surface area (Å²) in [6, 6.07) is 20.1. The van der Waals surface area contributed by atoms with Gasteiger partial charge in [0, 0.05) is 6.54 Å². The molecule has 8 heteroatoms. The van der Waals surface area contributed by atoms with E-state index in [0.29, 0.717) is 47.0 Å². The van der Waals surface area contributed by atoms with E-state index in [9.17, 15) is 14.7 Å². The second kappa shape index (κ2) is 11.8. The largest absolute Gasteiger partial charge is 0.490 e. The van der Waals surface area contributed by atoms with Crippen molar-refractivity contribution in [2.75, 3.05) is 13.2 Å². The Morgan fingerprint density at radius 2 is 1.81 bits per heavy atom. The molecule has 4 rings (SSSR count). The van der Waals surface area contributed by atoms with Gasteiger partial charge in [0.1, 0.15) is 6.61 Å². The van der Waals surface area contributed by atoms with Crippen LogP contribution >= 0.6 is 11.8 Å². The van der Waals surface area contributed by atoms with Gasteiger partial charge in [-0.05, 0) is 80.1 Å². The lowest BCUT2D eigenvalue weighted by molar-refractivity contribution is -0.122. The smallest absolute Gasteiger partial charge is 0.335 e. The summed E-state index contributed by atoms with van der Waals surface area (Å²) in [7, 11) is 0. The third-order valence-corrected chi connectivity index (χ3v) is 6.61. The average molecular weight is 517 g/mol. The van der Waals surface area contributed by atoms with Crippen LogP contribution in [0, 0.1) is 6.92 Å². The summed E-state index contributed by atoms with van der Waals surface area (Å²) in [5, 5.41) is 9.76. The zero-order valence-corrected chi connectivity index (χ0v) is 21.7. The molecule has 1 amide bonds. The van der Waals surface area contributed by atoms with Crippen LogP contribution in [-0.4, -0.2) is 40.2 Å². The lowest BCUT2D eigenvalue weighted by Crippen LogP contribution is -2.28. The van der Waals surface area contributed by atoms with E-state index in [1.807, 2.05) is 63.2 Å². The topological polar surface area (TPSA) is 88.4 Å². The van der Waals surface area contributed by atoms with Gasteiger partial charge in [-0.1, -0.05) is 42.0 Å². The minimum atomic E-state index is -1.03. The highest BCUT2D eigenvalue weighted by molar-refractivity contribution is 8.18. The number of rotatable bonds is 9. The Hall–Kier alpha value is -4.04. The van der Waals surface area contributed by atoms with Crippen LogP contribution in [0.2, 0.25) is 0 Å². The number of aliphatic imine (C=N–C) groups is 1. The predicted molar refractivity (Wildman–Crippen MR) is 147 cm³/mol. The number of hydrogen-bond acceptors (Lipinski definition) is 6. The molecule has 0 aliphatic carbocycles. The molecule has 0 bridgehead atoms. The van der Waals surface area contributed by atoms with Crippen molar-refractivity contribution in [3.8, 4) is 11.5 Å². The molecular weight excluding hydrogens is 488 g/mol. The van der Waals surface area contributed by atoms with Crippen LogP contribution in [0.5, 0.6) is 11.5 Å². The fourth-order valence-electron chi connectivity index (χ4n) is 3.69. The van der Waals surface area contributed by atoms with Crippen molar-refractivity contribution in [1.29, 1.82) is 0 Å². The van der Waals surface area contributed by atoms with Gasteiger partial charge in [0.2, 0.25) is 0 Å². The summed E-state index contributed by atoms with van der Waals surface area (Å²) in [5.74, 6) is 0.0525. The standard InChI is InChI=1S/C29H28N2O5S/c1-4-31-27(32)26(37-29(31)30-23-8-6-7-22(17-23)28(33)34)16-21-13-14-24(25(15-21)35-5-2)36-18-20-11-9-19(3)10-12-20/h6-17H,4-5,18H2,1-3H3,(H,33,34). The van der Waals surface area contributed by atoms with Crippen molar-refractivity contribution in [3.05, 3.63) is 93.9 Å². The Kier molecular flexibility index (Phi) is 8.30. The fraction of sp³-hybridized carbons (Fsp3) is 0.207. The van der Waals surface area contributed by atoms with E-state index in [1.54, 1.807) is 23.1 Å². The van der Waals surface area contributed by atoms with E-state index in [4.69, 9.17) is 9.47 Å². The molecular formula is C29H28N2O5S. The van der Waals surface area contributed by atoms with E-state index in [-0.39, 0.29) is 11.5 Å². The first kappa shape index (κ1) is 26.0. The van der Waals surface area contributed by atoms with Crippen molar-refractivity contribution in [2.24, 2.45) is 4.99 Å². The quantitative estimate of drug-likeness (QED) is 0.336. The van der Waals surface area contributed by atoms with E-state index in [0.717, 1.165) is 11.1 Å². The van der Waals surface area contributed by atoms with Crippen LogP contribution in [0.15, 0.2) is 76.6 Å². The van der Waals surface area contributed by atoms with Gasteiger partial charge in [-0.25, -0.2) is 9.79 Å². The molecule has 1 saturated heterocycles. The Bertz CT molecular complexity index is 1360. The lowest BCUT2D eigenvalue weighted by Gasteiger charge is -2.13. The van der Waals surface area contributed by atoms with E-state index in [1.165, 1.54) is 29.5 Å². The van der Waals surface area contributed by atoms with Gasteiger partial charge < -0.3 is 14.6 Å². The zero-order chi connectivity index (χ0) is 26.4. The number of carbonyl (C=O) groups is 2. The minimum absolute atomic E-state index is 0.142. The molecule has 1 N–H and O–H groups in total. The molecule has 1 heterocycles. The Morgan fingerprint density at radius 3 is 2.51 bits per heavy atom. The van der Waals surface area contributed by atoms with Gasteiger partial charge >= 0.3 is 5.97 Å². The normalized spacial score (nSPS) is 15.4. The van der Waals surface area contributed by atoms with Crippen LogP contribution in [0.25, 0.3) is 6.08 Å². The van der Waals surface area contributed by atoms with Crippen LogP contribution in [0.1, 0.15) is 40.9 Å². The molecule has 0 spiro atoms. The molecule has 3 aromatic rings. The second-order valence-corrected chi connectivity index (χ2v) is 9.33. The summed E-state index contributed by atoms with van der Waals surface area (Å²) >= 11 is 1.26. The number of amides is 1. The summed E-state index contributed by atoms with van der Waals surface area (Å²) < 4.78 is 11.8. The van der Waals surface area contributed by atoms with Crippen LogP contribution in [0.4, 0.5) is 5.69 Å². The molecule has 3 aromatic carbocycles. The van der Waals surface area contributed by atoms with Gasteiger partial charge in [0.05, 0.1) is 22.8 Å². The summed E-state index contributed by atoms with van der Waals surface area (Å²) in [5.41, 5.74) is 3.67. The van der Waals surface area contributed by atoms with Crippen LogP contribution < -0.4 is 9.47 Å². The number of carboxylic acids is 1. The Balaban J connectivity index is 1.57. The molecule has 0 radical (unpaired) electrons. The van der Waals surface area contributed by atoms with Crippen LogP contribution in [0.3, 0.4) is 0 Å². The highest BCUT2D eigenvalue weighted by Crippen LogP contribution is 2.36. The van der Waals surface area contributed by atoms with Gasteiger partial charge in [-0.3, -0.25) is 9.69 Å². The molecule has 37 heavy (non-hydrogen) atoms. The third-order valence-electron chi connectivity index (χ3n) is 5.60. The van der Waals surface area contributed by atoms with Gasteiger partial charge in [0.15, 0.2) is 16.7 Å². The maximum atomic E-state index is 13.1. The first-order valence-electron chi connectivity index (χ1n) is 12.0. The van der Waals surface area contributed by atoms with Crippen LogP contribution in [-0.2, 0) is 11.4 Å². The minimum Gasteiger partial charge on any atom is -0.490 e. The molecule has 0 unspecified atom stereocenters. The highest BCUT2D eigenvalue weighted by atomic mass is 32.2. The molecule has 0 atom stereocenters. The number of aromatic carboxylic acids is 1. The number of carbonyl (C=O) groups excluding carboxylic acids is 1. The Labute approximate surface area is 220 Å². The number of hydrogen-bond donors (Lipinski definition) is 1. The molecule has 0 aromatic heterocycles. The number of likely N-dealkylation sites (N-methyl/N-ethyl adjacent to an activating group) is 1. The highest BCUT2D eigenvalue weighted by Gasteiger charge is 2.32. The summed E-state index contributed by atoms with van der Waals surface area (Å²) in [6.07, 6.45) is 1.80. The second-order valence-electron chi connectivity index (χ2n) is 8.32. The van der Waals surface area contributed by atoms with Gasteiger partial charge in [0.25, 0.3) is 5.91 Å². The van der Waals surface area contributed by atoms with E-state index < -0.39 is 5.97 Å². The van der Waals surface area contributed by atoms with Crippen molar-refractivity contribution in [3.63, 3.8) is 0 Å². The number of nitrogens with zero attached hydrogens (tertiary/aromatic N) is 2. The average Bonchev–Trinajstić information content (AvgIpc) is 3.18. The summed E-state index contributed by atoms with van der Waals surface area (Å²) in [4.78, 5) is 31.0. The first-order chi connectivity index (χ1) is 17.9. The molecule has 0 saturated carbocycles. The Morgan fingerprint density at radius 1 is 1.03 bits per heavy atom. The molecule has 7 nitrogen and oxygen atoms in total. The molecule has 190 valence electrons. The number of ether oxygens (including phenoxy) is 2. The van der Waals surface area contributed by atoms with Gasteiger partial charge in [-0.2, -0.15) is 0 Å². The fourth-order valence-corrected chi connectivity index (χ4v) is 4.75. The van der Waals surface area contributed by atoms with Crippen molar-refractivity contribution in [2.45, 2.75) is 27.4 Å². The predicted octanol–water partition coefficient (Wildman–Crippen LogP) is 6.29. The zero-order valence-electron chi connectivity index (χ0n) is 20.9. The number of amidine groups is 1. The number of carboxylic acid groups (broad SMARTS) is 1. The molecule has 1 aliphatic rings. The maximum Gasteiger partial charge on any atom is 0.335 e. The van der Waals surface area contributed by atoms with Gasteiger partial charge in [-0.15, -0.1) is 0 Å². The monoisotopic (exact) mass is 516 g/mol. The SMILES string of the molecule is CCOc1cc(C=C2SC(=Nc3cccc(C(=O)O)c3)N(CC)C2=O)ccc1OCc1ccc(C)cc1. The van der Waals surface area contributed by atoms with Crippen molar-refractivity contribution in [1.82, 2.24) is 4.90 Å². The summed E-state index contributed by atoms with van der Waals surface area (Å²) in [6.45, 7) is 7.17. The first-order valence-corrected chi connectivity index (χ1v) is 12.8. The van der Waals surface area contributed by atoms with Crippen molar-refractivity contribution < 1.29 is 24.2 Å². The third kappa shape index (κ3) is 6.40. The lowest BCUT2D eigenvalue weighted by atomic mass is 10.1. The van der Waals surface area contributed by atoms with Crippen molar-refractivity contribution >= 4 is 40.6 Å². The molecule has 1 fully saturated rings. The number of thioether (sulfide) groups is 1. The van der Waals surface area contributed by atoms with E-state index >= 15 is 0 Å². The van der Waals surface area contributed by atoms with E-state index in [2.05, 4.69) is 4.99 Å².